The number of nitrogens with zero attached hydrogens (tertiary/aromatic N) is 2. The largest absolute Gasteiger partial charge is 0.480 e. The van der Waals surface area contributed by atoms with Gasteiger partial charge in [-0.3, -0.25) is 0 Å². The predicted molar refractivity (Wildman–Crippen MR) is 137 cm³/mol. The second-order valence-corrected chi connectivity index (χ2v) is 9.70. The fraction of sp³-hybridized carbons (Fsp3) is 0.222. The van der Waals surface area contributed by atoms with E-state index in [1.807, 2.05) is 30.5 Å². The zero-order chi connectivity index (χ0) is 23.1. The molecule has 1 aliphatic rings. The molecule has 0 bridgehead atoms. The number of aromatic nitrogens is 3. The number of carboxylic acid groups (broad SMARTS) is 1. The Labute approximate surface area is 200 Å². The Morgan fingerprint density at radius 3 is 2.85 bits per heavy atom. The van der Waals surface area contributed by atoms with Gasteiger partial charge in [0.2, 0.25) is 0 Å². The van der Waals surface area contributed by atoms with Gasteiger partial charge in [0, 0.05) is 34.5 Å². The first-order valence-electron chi connectivity index (χ1n) is 11.6. The van der Waals surface area contributed by atoms with Crippen molar-refractivity contribution < 1.29 is 9.90 Å². The monoisotopic (exact) mass is 468 g/mol. The lowest BCUT2D eigenvalue weighted by Gasteiger charge is -2.18. The standard InChI is InChI=1S/C27H24N4O2S/c32-27(33)23(12-19-13-28-22-8-4-3-7-20(19)22)31-25-24-21(14-34-26(24)30-15-29-25)18-10-9-16-5-1-2-6-17(16)11-18/h3-4,7-11,13-15,23,28H,1-2,5-6,12H2,(H,32,33)(H,29,30,31). The Hall–Kier alpha value is -3.71. The molecule has 0 saturated carbocycles. The molecule has 34 heavy (non-hydrogen) atoms. The summed E-state index contributed by atoms with van der Waals surface area (Å²) >= 11 is 1.56. The number of carboxylic acids is 1. The number of aliphatic carboxylic acids is 1. The van der Waals surface area contributed by atoms with Gasteiger partial charge in [-0.1, -0.05) is 36.4 Å². The third-order valence-corrected chi connectivity index (χ3v) is 7.62. The predicted octanol–water partition coefficient (Wildman–Crippen LogP) is 5.83. The van der Waals surface area contributed by atoms with Crippen molar-refractivity contribution in [2.24, 2.45) is 0 Å². The maximum absolute atomic E-state index is 12.2. The van der Waals surface area contributed by atoms with E-state index in [4.69, 9.17) is 0 Å². The topological polar surface area (TPSA) is 90.9 Å². The molecule has 0 aliphatic heterocycles. The molecule has 1 unspecified atom stereocenters. The smallest absolute Gasteiger partial charge is 0.326 e. The molecule has 1 atom stereocenters. The number of carbonyl (C=O) groups is 1. The maximum Gasteiger partial charge on any atom is 0.326 e. The Bertz CT molecular complexity index is 1520. The summed E-state index contributed by atoms with van der Waals surface area (Å²) in [6.45, 7) is 0. The van der Waals surface area contributed by atoms with Crippen LogP contribution in [0.5, 0.6) is 0 Å². The second-order valence-electron chi connectivity index (χ2n) is 8.84. The van der Waals surface area contributed by atoms with Gasteiger partial charge in [-0.2, -0.15) is 0 Å². The van der Waals surface area contributed by atoms with E-state index < -0.39 is 12.0 Å². The molecule has 7 heteroatoms. The van der Waals surface area contributed by atoms with Crippen LogP contribution in [0.25, 0.3) is 32.2 Å². The highest BCUT2D eigenvalue weighted by Crippen LogP contribution is 2.38. The van der Waals surface area contributed by atoms with Crippen LogP contribution in [0.15, 0.2) is 60.4 Å². The Morgan fingerprint density at radius 1 is 1.12 bits per heavy atom. The van der Waals surface area contributed by atoms with Crippen molar-refractivity contribution >= 4 is 44.2 Å². The van der Waals surface area contributed by atoms with E-state index in [2.05, 4.69) is 43.8 Å². The van der Waals surface area contributed by atoms with Crippen molar-refractivity contribution in [1.82, 2.24) is 15.0 Å². The van der Waals surface area contributed by atoms with E-state index in [0.29, 0.717) is 12.2 Å². The number of aryl methyl sites for hydroxylation is 2. The van der Waals surface area contributed by atoms with Gasteiger partial charge in [0.1, 0.15) is 23.0 Å². The number of fused-ring (bicyclic) bond motifs is 3. The summed E-state index contributed by atoms with van der Waals surface area (Å²) < 4.78 is 0. The van der Waals surface area contributed by atoms with Crippen molar-refractivity contribution in [1.29, 1.82) is 0 Å². The molecule has 0 spiro atoms. The van der Waals surface area contributed by atoms with Crippen molar-refractivity contribution in [3.05, 3.63) is 77.1 Å². The lowest BCUT2D eigenvalue weighted by Crippen LogP contribution is -2.32. The van der Waals surface area contributed by atoms with E-state index in [9.17, 15) is 9.90 Å². The van der Waals surface area contributed by atoms with Gasteiger partial charge in [0.05, 0.1) is 5.39 Å². The molecular weight excluding hydrogens is 444 g/mol. The number of hydrogen-bond donors (Lipinski definition) is 3. The SMILES string of the molecule is O=C(O)C(Cc1c[nH]c2ccccc12)Nc1ncnc2scc(-c3ccc4c(c3)CCCC4)c12. The van der Waals surface area contributed by atoms with Crippen LogP contribution in [0.2, 0.25) is 0 Å². The first-order chi connectivity index (χ1) is 16.7. The number of rotatable bonds is 6. The molecule has 0 amide bonds. The fourth-order valence-electron chi connectivity index (χ4n) is 4.98. The highest BCUT2D eigenvalue weighted by molar-refractivity contribution is 7.17. The van der Waals surface area contributed by atoms with Gasteiger partial charge in [-0.05, 0) is 54.0 Å². The molecule has 1 aliphatic carbocycles. The summed E-state index contributed by atoms with van der Waals surface area (Å²) in [5.74, 6) is -0.353. The molecule has 3 heterocycles. The third-order valence-electron chi connectivity index (χ3n) is 6.74. The molecule has 3 N–H and O–H groups in total. The van der Waals surface area contributed by atoms with Crippen molar-refractivity contribution in [3.63, 3.8) is 0 Å². The molecule has 0 fully saturated rings. The van der Waals surface area contributed by atoms with E-state index in [0.717, 1.165) is 50.7 Å². The number of anilines is 1. The van der Waals surface area contributed by atoms with Crippen LogP contribution in [0.3, 0.4) is 0 Å². The molecule has 0 radical (unpaired) electrons. The minimum absolute atomic E-state index is 0.336. The Balaban J connectivity index is 1.37. The van der Waals surface area contributed by atoms with E-state index in [1.165, 1.54) is 30.3 Å². The molecule has 0 saturated heterocycles. The number of H-pyrrole nitrogens is 1. The molecule has 6 rings (SSSR count). The minimum atomic E-state index is -0.914. The van der Waals surface area contributed by atoms with Gasteiger partial charge in [-0.15, -0.1) is 11.3 Å². The van der Waals surface area contributed by atoms with Crippen LogP contribution in [0, 0.1) is 0 Å². The van der Waals surface area contributed by atoms with Crippen LogP contribution in [0.1, 0.15) is 29.5 Å². The van der Waals surface area contributed by atoms with Gasteiger partial charge in [-0.25, -0.2) is 14.8 Å². The summed E-state index contributed by atoms with van der Waals surface area (Å²) in [6.07, 6.45) is 8.46. The van der Waals surface area contributed by atoms with Crippen LogP contribution < -0.4 is 5.32 Å². The second kappa shape index (κ2) is 8.57. The van der Waals surface area contributed by atoms with Crippen molar-refractivity contribution in [3.8, 4) is 11.1 Å². The quantitative estimate of drug-likeness (QED) is 0.292. The van der Waals surface area contributed by atoms with Gasteiger partial charge < -0.3 is 15.4 Å². The number of hydrogen-bond acceptors (Lipinski definition) is 5. The van der Waals surface area contributed by atoms with E-state index in [1.54, 1.807) is 11.3 Å². The maximum atomic E-state index is 12.2. The average molecular weight is 469 g/mol. The highest BCUT2D eigenvalue weighted by atomic mass is 32.1. The fourth-order valence-corrected chi connectivity index (χ4v) is 5.90. The molecular formula is C27H24N4O2S. The van der Waals surface area contributed by atoms with Crippen molar-refractivity contribution in [2.75, 3.05) is 5.32 Å². The summed E-state index contributed by atoms with van der Waals surface area (Å²) in [7, 11) is 0. The number of benzene rings is 2. The molecule has 6 nitrogen and oxygen atoms in total. The average Bonchev–Trinajstić information content (AvgIpc) is 3.48. The zero-order valence-corrected chi connectivity index (χ0v) is 19.4. The first kappa shape index (κ1) is 20.9. The highest BCUT2D eigenvalue weighted by Gasteiger charge is 2.23. The Kier molecular flexibility index (Phi) is 5.26. The normalized spacial score (nSPS) is 14.2. The van der Waals surface area contributed by atoms with E-state index in [-0.39, 0.29) is 0 Å². The molecule has 170 valence electrons. The lowest BCUT2D eigenvalue weighted by atomic mass is 9.89. The third kappa shape index (κ3) is 3.72. The number of para-hydroxylation sites is 1. The number of aromatic amines is 1. The first-order valence-corrected chi connectivity index (χ1v) is 12.4. The van der Waals surface area contributed by atoms with Gasteiger partial charge >= 0.3 is 5.97 Å². The van der Waals surface area contributed by atoms with Crippen LogP contribution >= 0.6 is 11.3 Å². The van der Waals surface area contributed by atoms with Crippen LogP contribution in [-0.4, -0.2) is 32.1 Å². The van der Waals surface area contributed by atoms with Gasteiger partial charge in [0.15, 0.2) is 0 Å². The number of nitrogens with one attached hydrogen (secondary N) is 2. The summed E-state index contributed by atoms with van der Waals surface area (Å²) in [5, 5.41) is 17.3. The van der Waals surface area contributed by atoms with Crippen molar-refractivity contribution in [2.45, 2.75) is 38.1 Å². The van der Waals surface area contributed by atoms with E-state index >= 15 is 0 Å². The summed E-state index contributed by atoms with van der Waals surface area (Å²) in [5.41, 5.74) is 6.99. The van der Waals surface area contributed by atoms with Crippen LogP contribution in [0.4, 0.5) is 5.82 Å². The Morgan fingerprint density at radius 2 is 1.97 bits per heavy atom. The molecule has 3 aromatic heterocycles. The summed E-state index contributed by atoms with van der Waals surface area (Å²) in [4.78, 5) is 25.3. The molecule has 5 aromatic rings. The minimum Gasteiger partial charge on any atom is -0.480 e. The number of thiophene rings is 1. The van der Waals surface area contributed by atoms with Gasteiger partial charge in [0.25, 0.3) is 0 Å². The summed E-state index contributed by atoms with van der Waals surface area (Å²) in [6, 6.07) is 13.8. The van der Waals surface area contributed by atoms with Crippen LogP contribution in [-0.2, 0) is 24.1 Å². The lowest BCUT2D eigenvalue weighted by molar-refractivity contribution is -0.137. The zero-order valence-electron chi connectivity index (χ0n) is 18.5. The molecule has 2 aromatic carbocycles.